The van der Waals surface area contributed by atoms with E-state index >= 15 is 0 Å². The molecule has 3 nitrogen and oxygen atoms in total. The topological polar surface area (TPSA) is 29.9 Å². The van der Waals surface area contributed by atoms with Crippen LogP contribution in [0.2, 0.25) is 5.02 Å². The number of nitrogens with one attached hydrogen (secondary N) is 1. The molecule has 0 aromatic carbocycles. The normalized spacial score (nSPS) is 25.0. The summed E-state index contributed by atoms with van der Waals surface area (Å²) in [6.45, 7) is 2.63. The van der Waals surface area contributed by atoms with Crippen molar-refractivity contribution >= 4 is 11.6 Å². The fourth-order valence-corrected chi connectivity index (χ4v) is 3.59. The molecular weight excluding hydrogens is 303 g/mol. The molecule has 1 aliphatic carbocycles. The first-order valence-corrected chi connectivity index (χ1v) is 7.69. The minimum absolute atomic E-state index is 0.0711. The largest absolute Gasteiger partial charge is 0.391 e. The van der Waals surface area contributed by atoms with Gasteiger partial charge >= 0.3 is 6.18 Å². The molecule has 1 aromatic heterocycles. The van der Waals surface area contributed by atoms with Gasteiger partial charge in [-0.1, -0.05) is 24.9 Å². The highest BCUT2D eigenvalue weighted by molar-refractivity contribution is 6.31. The first-order valence-electron chi connectivity index (χ1n) is 7.32. The average Bonchev–Trinajstić information content (AvgIpc) is 2.75. The van der Waals surface area contributed by atoms with E-state index in [4.69, 9.17) is 11.6 Å². The highest BCUT2D eigenvalue weighted by Crippen LogP contribution is 2.44. The van der Waals surface area contributed by atoms with Crippen molar-refractivity contribution in [2.45, 2.75) is 44.8 Å². The molecule has 3 atom stereocenters. The Bertz CT molecular complexity index is 453. The molecule has 0 amide bonds. The van der Waals surface area contributed by atoms with Crippen LogP contribution in [0.5, 0.6) is 0 Å². The van der Waals surface area contributed by atoms with Gasteiger partial charge in [0.2, 0.25) is 0 Å². The number of rotatable bonds is 4. The first kappa shape index (κ1) is 16.6. The highest BCUT2D eigenvalue weighted by Gasteiger charge is 2.44. The molecule has 0 bridgehead atoms. The Hall–Kier alpha value is -0.750. The van der Waals surface area contributed by atoms with Gasteiger partial charge in [-0.2, -0.15) is 18.3 Å². The molecule has 2 rings (SSSR count). The van der Waals surface area contributed by atoms with Crippen molar-refractivity contribution in [3.63, 3.8) is 0 Å². The molecule has 3 unspecified atom stereocenters. The highest BCUT2D eigenvalue weighted by atomic mass is 35.5. The summed E-state index contributed by atoms with van der Waals surface area (Å²) in [5.74, 6) is -1.28. The van der Waals surface area contributed by atoms with Crippen LogP contribution in [0.3, 0.4) is 0 Å². The standard InChI is InChI=1S/C14H21ClF3N3/c1-3-19-12(13-11(15)8-20-21(13)2)9-5-4-6-10(7-9)14(16,17)18/h8-10,12,19H,3-7H2,1-2H3. The van der Waals surface area contributed by atoms with E-state index in [0.717, 1.165) is 12.1 Å². The minimum atomic E-state index is -4.11. The van der Waals surface area contributed by atoms with Gasteiger partial charge in [0.1, 0.15) is 0 Å². The predicted molar refractivity (Wildman–Crippen MR) is 76.1 cm³/mol. The van der Waals surface area contributed by atoms with Crippen molar-refractivity contribution in [1.82, 2.24) is 15.1 Å². The number of aryl methyl sites for hydroxylation is 1. The van der Waals surface area contributed by atoms with E-state index < -0.39 is 12.1 Å². The smallest absolute Gasteiger partial charge is 0.309 e. The van der Waals surface area contributed by atoms with Crippen LogP contribution < -0.4 is 5.32 Å². The summed E-state index contributed by atoms with van der Waals surface area (Å²) in [5.41, 5.74) is 0.784. The van der Waals surface area contributed by atoms with Gasteiger partial charge in [-0.15, -0.1) is 0 Å². The third-order valence-electron chi connectivity index (χ3n) is 4.31. The van der Waals surface area contributed by atoms with E-state index in [2.05, 4.69) is 10.4 Å². The minimum Gasteiger partial charge on any atom is -0.309 e. The second-order valence-electron chi connectivity index (χ2n) is 5.70. The first-order chi connectivity index (χ1) is 9.84. The molecule has 1 aromatic rings. The molecule has 1 aliphatic rings. The van der Waals surface area contributed by atoms with Crippen molar-refractivity contribution in [2.75, 3.05) is 6.54 Å². The third-order valence-corrected chi connectivity index (χ3v) is 4.60. The van der Waals surface area contributed by atoms with Crippen molar-refractivity contribution < 1.29 is 13.2 Å². The van der Waals surface area contributed by atoms with Crippen LogP contribution in [0.25, 0.3) is 0 Å². The Morgan fingerprint density at radius 2 is 2.19 bits per heavy atom. The molecule has 0 spiro atoms. The van der Waals surface area contributed by atoms with E-state index in [1.165, 1.54) is 0 Å². The predicted octanol–water partition coefficient (Wildman–Crippen LogP) is 4.09. The summed E-state index contributed by atoms with van der Waals surface area (Å²) >= 11 is 6.18. The van der Waals surface area contributed by atoms with Crippen LogP contribution >= 0.6 is 11.6 Å². The summed E-state index contributed by atoms with van der Waals surface area (Å²) < 4.78 is 40.7. The Morgan fingerprint density at radius 3 is 2.71 bits per heavy atom. The van der Waals surface area contributed by atoms with Gasteiger partial charge in [-0.25, -0.2) is 0 Å². The van der Waals surface area contributed by atoms with Crippen LogP contribution in [0, 0.1) is 11.8 Å². The summed E-state index contributed by atoms with van der Waals surface area (Å²) in [6, 6.07) is -0.180. The van der Waals surface area contributed by atoms with E-state index in [1.54, 1.807) is 17.9 Å². The van der Waals surface area contributed by atoms with Crippen molar-refractivity contribution in [1.29, 1.82) is 0 Å². The van der Waals surface area contributed by atoms with Gasteiger partial charge in [0.15, 0.2) is 0 Å². The molecule has 120 valence electrons. The molecule has 1 N–H and O–H groups in total. The summed E-state index contributed by atoms with van der Waals surface area (Å²) in [7, 11) is 1.77. The van der Waals surface area contributed by atoms with E-state index in [0.29, 0.717) is 18.0 Å². The maximum atomic E-state index is 13.0. The van der Waals surface area contributed by atoms with Crippen LogP contribution in [0.15, 0.2) is 6.20 Å². The van der Waals surface area contributed by atoms with Crippen LogP contribution in [0.4, 0.5) is 13.2 Å². The quantitative estimate of drug-likeness (QED) is 0.904. The van der Waals surface area contributed by atoms with Crippen molar-refractivity contribution in [2.24, 2.45) is 18.9 Å². The van der Waals surface area contributed by atoms with Gasteiger partial charge in [0.25, 0.3) is 0 Å². The average molecular weight is 324 g/mol. The fourth-order valence-electron chi connectivity index (χ4n) is 3.30. The van der Waals surface area contributed by atoms with E-state index in [-0.39, 0.29) is 24.8 Å². The number of hydrogen-bond acceptors (Lipinski definition) is 2. The van der Waals surface area contributed by atoms with Gasteiger partial charge in [0.05, 0.1) is 28.9 Å². The molecular formula is C14H21ClF3N3. The Kier molecular flexibility index (Phi) is 5.20. The second kappa shape index (κ2) is 6.57. The lowest BCUT2D eigenvalue weighted by Gasteiger charge is -2.36. The molecule has 0 aliphatic heterocycles. The molecule has 1 saturated carbocycles. The second-order valence-corrected chi connectivity index (χ2v) is 6.11. The summed E-state index contributed by atoms with van der Waals surface area (Å²) in [4.78, 5) is 0. The van der Waals surface area contributed by atoms with Crippen LogP contribution in [0.1, 0.15) is 44.3 Å². The SMILES string of the molecule is CCNC(c1c(Cl)cnn1C)C1CCCC(C(F)(F)F)C1. The van der Waals surface area contributed by atoms with Gasteiger partial charge < -0.3 is 5.32 Å². The fraction of sp³-hybridized carbons (Fsp3) is 0.786. The maximum absolute atomic E-state index is 13.0. The Labute approximate surface area is 127 Å². The Balaban J connectivity index is 2.22. The lowest BCUT2D eigenvalue weighted by molar-refractivity contribution is -0.186. The van der Waals surface area contributed by atoms with Gasteiger partial charge in [-0.3, -0.25) is 4.68 Å². The zero-order valence-electron chi connectivity index (χ0n) is 12.3. The Morgan fingerprint density at radius 1 is 1.48 bits per heavy atom. The van der Waals surface area contributed by atoms with Crippen molar-refractivity contribution in [3.05, 3.63) is 16.9 Å². The van der Waals surface area contributed by atoms with Crippen LogP contribution in [-0.4, -0.2) is 22.5 Å². The monoisotopic (exact) mass is 323 g/mol. The van der Waals surface area contributed by atoms with Crippen molar-refractivity contribution in [3.8, 4) is 0 Å². The molecule has 1 fully saturated rings. The number of alkyl halides is 3. The van der Waals surface area contributed by atoms with Gasteiger partial charge in [0, 0.05) is 7.05 Å². The third kappa shape index (κ3) is 3.72. The number of hydrogen-bond donors (Lipinski definition) is 1. The van der Waals surface area contributed by atoms with E-state index in [9.17, 15) is 13.2 Å². The van der Waals surface area contributed by atoms with E-state index in [1.807, 2.05) is 6.92 Å². The van der Waals surface area contributed by atoms with Crippen LogP contribution in [-0.2, 0) is 7.05 Å². The number of nitrogens with zero attached hydrogens (tertiary/aromatic N) is 2. The number of aromatic nitrogens is 2. The molecule has 0 saturated heterocycles. The summed E-state index contributed by atoms with van der Waals surface area (Å²) in [5, 5.41) is 7.91. The molecule has 0 radical (unpaired) electrons. The zero-order valence-corrected chi connectivity index (χ0v) is 13.0. The van der Waals surface area contributed by atoms with Gasteiger partial charge in [-0.05, 0) is 31.7 Å². The number of halogens is 4. The molecule has 21 heavy (non-hydrogen) atoms. The molecule has 7 heteroatoms. The zero-order chi connectivity index (χ0) is 15.6. The lowest BCUT2D eigenvalue weighted by atomic mass is 9.76. The summed E-state index contributed by atoms with van der Waals surface area (Å²) in [6.07, 6.45) is -0.782. The maximum Gasteiger partial charge on any atom is 0.391 e. The molecule has 1 heterocycles. The lowest BCUT2D eigenvalue weighted by Crippen LogP contribution is -2.36.